The third kappa shape index (κ3) is 2.04. The SMILES string of the molecule is CC(C)(C)N1C[C@@H](CCl)c2c1cc(O)c1ccc3c(c21)OCO3. The Kier molecular flexibility index (Phi) is 3.11. The van der Waals surface area contributed by atoms with Gasteiger partial charge in [0.05, 0.1) is 0 Å². The van der Waals surface area contributed by atoms with E-state index in [-0.39, 0.29) is 24.0 Å². The number of hydrogen-bond donors (Lipinski definition) is 1. The molecule has 0 bridgehead atoms. The van der Waals surface area contributed by atoms with E-state index < -0.39 is 0 Å². The van der Waals surface area contributed by atoms with Crippen LogP contribution in [0.5, 0.6) is 17.2 Å². The van der Waals surface area contributed by atoms with E-state index in [1.54, 1.807) is 0 Å². The highest BCUT2D eigenvalue weighted by molar-refractivity contribution is 6.19. The molecule has 4 rings (SSSR count). The molecule has 0 fully saturated rings. The van der Waals surface area contributed by atoms with Crippen molar-refractivity contribution >= 4 is 28.1 Å². The molecule has 1 atom stereocenters. The first-order valence-electron chi connectivity index (χ1n) is 7.83. The van der Waals surface area contributed by atoms with Crippen LogP contribution in [0.3, 0.4) is 0 Å². The summed E-state index contributed by atoms with van der Waals surface area (Å²) in [5.41, 5.74) is 2.15. The summed E-state index contributed by atoms with van der Waals surface area (Å²) in [4.78, 5) is 2.31. The molecule has 2 aromatic rings. The number of halogens is 1. The molecule has 1 N–H and O–H groups in total. The number of ether oxygens (including phenoxy) is 2. The molecule has 2 aliphatic heterocycles. The zero-order valence-corrected chi connectivity index (χ0v) is 14.3. The number of rotatable bonds is 1. The molecule has 2 aliphatic rings. The maximum absolute atomic E-state index is 10.6. The highest BCUT2D eigenvalue weighted by atomic mass is 35.5. The Balaban J connectivity index is 2.08. The topological polar surface area (TPSA) is 41.9 Å². The molecule has 2 heterocycles. The number of nitrogens with zero attached hydrogens (tertiary/aromatic N) is 1. The van der Waals surface area contributed by atoms with Crippen molar-refractivity contribution in [2.75, 3.05) is 24.1 Å². The molecule has 5 heteroatoms. The van der Waals surface area contributed by atoms with Crippen LogP contribution < -0.4 is 14.4 Å². The van der Waals surface area contributed by atoms with Crippen LogP contribution >= 0.6 is 11.6 Å². The van der Waals surface area contributed by atoms with Gasteiger partial charge in [0.2, 0.25) is 6.79 Å². The smallest absolute Gasteiger partial charge is 0.231 e. The normalized spacial score (nSPS) is 19.5. The highest BCUT2D eigenvalue weighted by Crippen LogP contribution is 2.52. The van der Waals surface area contributed by atoms with Crippen molar-refractivity contribution in [2.45, 2.75) is 32.2 Å². The lowest BCUT2D eigenvalue weighted by atomic mass is 9.94. The van der Waals surface area contributed by atoms with Gasteiger partial charge < -0.3 is 19.5 Å². The number of alkyl halides is 1. The predicted octanol–water partition coefficient (Wildman–Crippen LogP) is 4.22. The maximum Gasteiger partial charge on any atom is 0.231 e. The summed E-state index contributed by atoms with van der Waals surface area (Å²) in [5, 5.41) is 12.3. The second-order valence-corrected chi connectivity index (χ2v) is 7.49. The van der Waals surface area contributed by atoms with Gasteiger partial charge in [0.15, 0.2) is 11.5 Å². The third-order valence-corrected chi connectivity index (χ3v) is 5.10. The van der Waals surface area contributed by atoms with Gasteiger partial charge in [-0.05, 0) is 38.5 Å². The molecule has 23 heavy (non-hydrogen) atoms. The van der Waals surface area contributed by atoms with E-state index in [2.05, 4.69) is 25.7 Å². The highest BCUT2D eigenvalue weighted by Gasteiger charge is 2.38. The second kappa shape index (κ2) is 4.84. The summed E-state index contributed by atoms with van der Waals surface area (Å²) < 4.78 is 11.2. The third-order valence-electron chi connectivity index (χ3n) is 4.73. The van der Waals surface area contributed by atoms with Crippen LogP contribution in [0.4, 0.5) is 5.69 Å². The fourth-order valence-electron chi connectivity index (χ4n) is 3.67. The van der Waals surface area contributed by atoms with Gasteiger partial charge in [-0.15, -0.1) is 11.6 Å². The second-order valence-electron chi connectivity index (χ2n) is 7.18. The van der Waals surface area contributed by atoms with E-state index in [1.165, 1.54) is 0 Å². The average molecular weight is 334 g/mol. The van der Waals surface area contributed by atoms with Gasteiger partial charge in [0.1, 0.15) is 5.75 Å². The monoisotopic (exact) mass is 333 g/mol. The lowest BCUT2D eigenvalue weighted by Crippen LogP contribution is -2.40. The molecule has 122 valence electrons. The minimum Gasteiger partial charge on any atom is -0.507 e. The van der Waals surface area contributed by atoms with Gasteiger partial charge in [-0.1, -0.05) is 0 Å². The summed E-state index contributed by atoms with van der Waals surface area (Å²) in [5.74, 6) is 2.45. The van der Waals surface area contributed by atoms with Gasteiger partial charge in [0.25, 0.3) is 0 Å². The molecule has 0 amide bonds. The summed E-state index contributed by atoms with van der Waals surface area (Å²) in [6.07, 6.45) is 0. The van der Waals surface area contributed by atoms with E-state index in [9.17, 15) is 5.11 Å². The number of phenols is 1. The van der Waals surface area contributed by atoms with Crippen molar-refractivity contribution in [1.82, 2.24) is 0 Å². The number of fused-ring (bicyclic) bond motifs is 5. The van der Waals surface area contributed by atoms with E-state index in [1.807, 2.05) is 18.2 Å². The zero-order valence-electron chi connectivity index (χ0n) is 13.5. The van der Waals surface area contributed by atoms with Gasteiger partial charge in [-0.3, -0.25) is 0 Å². The molecule has 0 aliphatic carbocycles. The lowest BCUT2D eigenvalue weighted by Gasteiger charge is -2.35. The Morgan fingerprint density at radius 1 is 1.30 bits per heavy atom. The van der Waals surface area contributed by atoms with Crippen LogP contribution in [-0.2, 0) is 0 Å². The molecule has 4 nitrogen and oxygen atoms in total. The van der Waals surface area contributed by atoms with Crippen LogP contribution in [-0.4, -0.2) is 29.9 Å². The summed E-state index contributed by atoms with van der Waals surface area (Å²) in [6.45, 7) is 7.57. The van der Waals surface area contributed by atoms with E-state index in [4.69, 9.17) is 21.1 Å². The molecule has 0 saturated heterocycles. The first-order chi connectivity index (χ1) is 10.9. The average Bonchev–Trinajstić information content (AvgIpc) is 3.09. The van der Waals surface area contributed by atoms with Crippen molar-refractivity contribution in [3.63, 3.8) is 0 Å². The van der Waals surface area contributed by atoms with Gasteiger partial charge in [0, 0.05) is 46.4 Å². The van der Waals surface area contributed by atoms with Crippen LogP contribution in [0.2, 0.25) is 0 Å². The largest absolute Gasteiger partial charge is 0.507 e. The molecule has 0 unspecified atom stereocenters. The first-order valence-corrected chi connectivity index (χ1v) is 8.37. The molecular weight excluding hydrogens is 314 g/mol. The Hall–Kier alpha value is -1.81. The van der Waals surface area contributed by atoms with Crippen molar-refractivity contribution in [3.05, 3.63) is 23.8 Å². The Morgan fingerprint density at radius 2 is 2.09 bits per heavy atom. The molecule has 0 spiro atoms. The summed E-state index contributed by atoms with van der Waals surface area (Å²) in [7, 11) is 0. The van der Waals surface area contributed by atoms with E-state index in [0.717, 1.165) is 40.1 Å². The number of anilines is 1. The fraction of sp³-hybridized carbons (Fsp3) is 0.444. The zero-order chi connectivity index (χ0) is 16.4. The Labute approximate surface area is 140 Å². The van der Waals surface area contributed by atoms with Crippen LogP contribution in [0, 0.1) is 0 Å². The Morgan fingerprint density at radius 3 is 2.78 bits per heavy atom. The van der Waals surface area contributed by atoms with Gasteiger partial charge in [-0.2, -0.15) is 0 Å². The van der Waals surface area contributed by atoms with Crippen molar-refractivity contribution in [2.24, 2.45) is 0 Å². The molecular formula is C18H20ClNO3. The Bertz CT molecular complexity index is 797. The van der Waals surface area contributed by atoms with Crippen molar-refractivity contribution in [3.8, 4) is 17.2 Å². The standard InChI is InChI=1S/C18H20ClNO3/c1-18(2,3)20-8-10(7-19)15-12(20)6-13(21)11-4-5-14-17(16(11)15)23-9-22-14/h4-6,10,21H,7-9H2,1-3H3/t10-/m1/s1. The van der Waals surface area contributed by atoms with Crippen molar-refractivity contribution < 1.29 is 14.6 Å². The quantitative estimate of drug-likeness (QED) is 0.794. The van der Waals surface area contributed by atoms with E-state index >= 15 is 0 Å². The van der Waals surface area contributed by atoms with Gasteiger partial charge in [-0.25, -0.2) is 0 Å². The van der Waals surface area contributed by atoms with Crippen LogP contribution in [0.15, 0.2) is 18.2 Å². The minimum absolute atomic E-state index is 0.0506. The molecule has 0 saturated carbocycles. The maximum atomic E-state index is 10.6. The first kappa shape index (κ1) is 14.8. The number of aromatic hydroxyl groups is 1. The van der Waals surface area contributed by atoms with Gasteiger partial charge >= 0.3 is 0 Å². The fourth-order valence-corrected chi connectivity index (χ4v) is 3.93. The summed E-state index contributed by atoms with van der Waals surface area (Å²) in [6, 6.07) is 5.60. The molecule has 0 radical (unpaired) electrons. The predicted molar refractivity (Wildman–Crippen MR) is 92.3 cm³/mol. The number of phenolic OH excluding ortho intramolecular Hbond substituents is 1. The van der Waals surface area contributed by atoms with E-state index in [0.29, 0.717) is 5.88 Å². The summed E-state index contributed by atoms with van der Waals surface area (Å²) >= 11 is 6.28. The minimum atomic E-state index is -0.0506. The van der Waals surface area contributed by atoms with Crippen molar-refractivity contribution in [1.29, 1.82) is 0 Å². The van der Waals surface area contributed by atoms with Crippen LogP contribution in [0.1, 0.15) is 32.3 Å². The lowest BCUT2D eigenvalue weighted by molar-refractivity contribution is 0.175. The van der Waals surface area contributed by atoms with Crippen LogP contribution in [0.25, 0.3) is 10.8 Å². The number of hydrogen-bond acceptors (Lipinski definition) is 4. The molecule has 0 aromatic heterocycles. The molecule has 2 aromatic carbocycles. The number of benzene rings is 2.